The molecule has 1 aliphatic carbocycles. The van der Waals surface area contributed by atoms with Gasteiger partial charge in [0.15, 0.2) is 0 Å². The van der Waals surface area contributed by atoms with Gasteiger partial charge in [0.25, 0.3) is 0 Å². The minimum Gasteiger partial charge on any atom is -0.376 e. The number of hydrogen-bond donors (Lipinski definition) is 0. The summed E-state index contributed by atoms with van der Waals surface area (Å²) in [5.41, 5.74) is 1.27. The molecule has 128 valence electrons. The van der Waals surface area contributed by atoms with Crippen LogP contribution in [0.15, 0.2) is 30.3 Å². The highest BCUT2D eigenvalue weighted by molar-refractivity contribution is 9.09. The molecular formula is C20H29BrO2. The standard InChI is InChI=1S/C20H29BrO2/c1-2-3-9-18(21)20-12-17-16(10-11-19(17)23-20)14-22-13-15-7-5-4-6-8-15/h4-8,16-20H,2-3,9-14H2,1H3. The first-order valence-electron chi connectivity index (χ1n) is 9.19. The summed E-state index contributed by atoms with van der Waals surface area (Å²) in [6.07, 6.45) is 8.36. The molecule has 1 saturated heterocycles. The third kappa shape index (κ3) is 4.58. The van der Waals surface area contributed by atoms with Crippen molar-refractivity contribution in [2.75, 3.05) is 6.61 Å². The average Bonchev–Trinajstić information content (AvgIpc) is 3.15. The third-order valence-electron chi connectivity index (χ3n) is 5.44. The molecule has 5 unspecified atom stereocenters. The summed E-state index contributed by atoms with van der Waals surface area (Å²) in [6, 6.07) is 10.5. The van der Waals surface area contributed by atoms with Crippen LogP contribution >= 0.6 is 15.9 Å². The topological polar surface area (TPSA) is 18.5 Å². The number of alkyl halides is 1. The van der Waals surface area contributed by atoms with Gasteiger partial charge in [-0.1, -0.05) is 66.0 Å². The maximum absolute atomic E-state index is 6.34. The maximum Gasteiger partial charge on any atom is 0.0717 e. The van der Waals surface area contributed by atoms with Crippen LogP contribution in [-0.2, 0) is 16.1 Å². The van der Waals surface area contributed by atoms with E-state index in [0.717, 1.165) is 13.2 Å². The lowest BCUT2D eigenvalue weighted by atomic mass is 9.91. The quantitative estimate of drug-likeness (QED) is 0.566. The fourth-order valence-electron chi connectivity index (χ4n) is 4.10. The fourth-order valence-corrected chi connectivity index (χ4v) is 4.76. The second kappa shape index (κ2) is 8.64. The maximum atomic E-state index is 6.34. The summed E-state index contributed by atoms with van der Waals surface area (Å²) >= 11 is 3.86. The van der Waals surface area contributed by atoms with Gasteiger partial charge in [-0.2, -0.15) is 0 Å². The van der Waals surface area contributed by atoms with Crippen molar-refractivity contribution in [2.45, 2.75) is 69.1 Å². The molecule has 0 amide bonds. The SMILES string of the molecule is CCCCC(Br)C1CC2C(COCc3ccccc3)CCC2O1. The Balaban J connectivity index is 1.44. The summed E-state index contributed by atoms with van der Waals surface area (Å²) < 4.78 is 12.3. The molecule has 0 aromatic heterocycles. The molecule has 1 aliphatic heterocycles. The highest BCUT2D eigenvalue weighted by Crippen LogP contribution is 2.45. The molecule has 2 aliphatic rings. The van der Waals surface area contributed by atoms with E-state index in [1.165, 1.54) is 44.1 Å². The molecule has 1 saturated carbocycles. The minimum atomic E-state index is 0.411. The van der Waals surface area contributed by atoms with Crippen LogP contribution in [0.25, 0.3) is 0 Å². The molecule has 2 nitrogen and oxygen atoms in total. The average molecular weight is 381 g/mol. The van der Waals surface area contributed by atoms with E-state index in [2.05, 4.69) is 53.2 Å². The molecule has 5 atom stereocenters. The van der Waals surface area contributed by atoms with Crippen molar-refractivity contribution >= 4 is 15.9 Å². The van der Waals surface area contributed by atoms with Gasteiger partial charge in [0.05, 0.1) is 25.4 Å². The Labute approximate surface area is 149 Å². The molecule has 23 heavy (non-hydrogen) atoms. The second-order valence-corrected chi connectivity index (χ2v) is 8.29. The van der Waals surface area contributed by atoms with E-state index in [1.807, 2.05) is 0 Å². The summed E-state index contributed by atoms with van der Waals surface area (Å²) in [4.78, 5) is 0.527. The van der Waals surface area contributed by atoms with Crippen LogP contribution in [0.1, 0.15) is 51.0 Å². The number of unbranched alkanes of at least 4 members (excludes halogenated alkanes) is 1. The smallest absolute Gasteiger partial charge is 0.0717 e. The molecule has 2 fully saturated rings. The Morgan fingerprint density at radius 2 is 2.09 bits per heavy atom. The lowest BCUT2D eigenvalue weighted by Gasteiger charge is -2.20. The minimum absolute atomic E-state index is 0.411. The summed E-state index contributed by atoms with van der Waals surface area (Å²) in [5.74, 6) is 1.39. The first kappa shape index (κ1) is 17.4. The Bertz CT molecular complexity index is 464. The Kier molecular flexibility index (Phi) is 6.55. The van der Waals surface area contributed by atoms with Gasteiger partial charge >= 0.3 is 0 Å². The summed E-state index contributed by atoms with van der Waals surface area (Å²) in [6.45, 7) is 3.87. The molecular weight excluding hydrogens is 352 g/mol. The number of rotatable bonds is 8. The van der Waals surface area contributed by atoms with Gasteiger partial charge in [-0.05, 0) is 43.1 Å². The van der Waals surface area contributed by atoms with E-state index < -0.39 is 0 Å². The third-order valence-corrected chi connectivity index (χ3v) is 6.49. The number of fused-ring (bicyclic) bond motifs is 1. The predicted molar refractivity (Wildman–Crippen MR) is 97.8 cm³/mol. The van der Waals surface area contributed by atoms with Crippen LogP contribution in [-0.4, -0.2) is 23.6 Å². The van der Waals surface area contributed by atoms with E-state index in [9.17, 15) is 0 Å². The van der Waals surface area contributed by atoms with E-state index in [-0.39, 0.29) is 0 Å². The zero-order valence-electron chi connectivity index (χ0n) is 14.1. The van der Waals surface area contributed by atoms with Crippen molar-refractivity contribution in [3.8, 4) is 0 Å². The van der Waals surface area contributed by atoms with E-state index in [4.69, 9.17) is 9.47 Å². The molecule has 1 aromatic rings. The van der Waals surface area contributed by atoms with Gasteiger partial charge in [-0.3, -0.25) is 0 Å². The van der Waals surface area contributed by atoms with Gasteiger partial charge in [-0.25, -0.2) is 0 Å². The van der Waals surface area contributed by atoms with Crippen LogP contribution in [0, 0.1) is 11.8 Å². The molecule has 3 rings (SSSR count). The van der Waals surface area contributed by atoms with E-state index in [1.54, 1.807) is 0 Å². The summed E-state index contributed by atoms with van der Waals surface area (Å²) in [5, 5.41) is 0. The lowest BCUT2D eigenvalue weighted by Crippen LogP contribution is -2.22. The Morgan fingerprint density at radius 3 is 2.87 bits per heavy atom. The van der Waals surface area contributed by atoms with Crippen molar-refractivity contribution < 1.29 is 9.47 Å². The fraction of sp³-hybridized carbons (Fsp3) is 0.700. The van der Waals surface area contributed by atoms with Crippen LogP contribution in [0.5, 0.6) is 0 Å². The van der Waals surface area contributed by atoms with Gasteiger partial charge in [0.2, 0.25) is 0 Å². The normalized spacial score (nSPS) is 31.2. The largest absolute Gasteiger partial charge is 0.376 e. The van der Waals surface area contributed by atoms with Gasteiger partial charge in [0.1, 0.15) is 0 Å². The van der Waals surface area contributed by atoms with Crippen LogP contribution in [0.3, 0.4) is 0 Å². The molecule has 1 heterocycles. The van der Waals surface area contributed by atoms with Crippen molar-refractivity contribution in [1.29, 1.82) is 0 Å². The Hall–Kier alpha value is -0.380. The van der Waals surface area contributed by atoms with Crippen LogP contribution in [0.4, 0.5) is 0 Å². The molecule has 3 heteroatoms. The summed E-state index contributed by atoms with van der Waals surface area (Å²) in [7, 11) is 0. The van der Waals surface area contributed by atoms with Crippen molar-refractivity contribution in [2.24, 2.45) is 11.8 Å². The monoisotopic (exact) mass is 380 g/mol. The highest BCUT2D eigenvalue weighted by Gasteiger charge is 2.45. The molecule has 0 N–H and O–H groups in total. The molecule has 0 spiro atoms. The zero-order valence-corrected chi connectivity index (χ0v) is 15.7. The van der Waals surface area contributed by atoms with Crippen molar-refractivity contribution in [1.82, 2.24) is 0 Å². The molecule has 0 radical (unpaired) electrons. The molecule has 0 bridgehead atoms. The van der Waals surface area contributed by atoms with Crippen molar-refractivity contribution in [3.05, 3.63) is 35.9 Å². The molecule has 1 aromatic carbocycles. The number of hydrogen-bond acceptors (Lipinski definition) is 2. The number of halogens is 1. The first-order chi connectivity index (χ1) is 11.3. The van der Waals surface area contributed by atoms with Crippen LogP contribution in [0.2, 0.25) is 0 Å². The Morgan fingerprint density at radius 1 is 1.26 bits per heavy atom. The number of ether oxygens (including phenoxy) is 2. The van der Waals surface area contributed by atoms with Gasteiger partial charge in [0, 0.05) is 4.83 Å². The van der Waals surface area contributed by atoms with E-state index >= 15 is 0 Å². The van der Waals surface area contributed by atoms with E-state index in [0.29, 0.717) is 28.9 Å². The van der Waals surface area contributed by atoms with Gasteiger partial charge in [-0.15, -0.1) is 0 Å². The van der Waals surface area contributed by atoms with Crippen molar-refractivity contribution in [3.63, 3.8) is 0 Å². The highest BCUT2D eigenvalue weighted by atomic mass is 79.9. The lowest BCUT2D eigenvalue weighted by molar-refractivity contribution is 0.0356. The predicted octanol–water partition coefficient (Wildman–Crippen LogP) is 5.34. The van der Waals surface area contributed by atoms with Gasteiger partial charge < -0.3 is 9.47 Å². The second-order valence-electron chi connectivity index (χ2n) is 7.11. The first-order valence-corrected chi connectivity index (χ1v) is 10.1. The number of benzene rings is 1. The van der Waals surface area contributed by atoms with Crippen LogP contribution < -0.4 is 0 Å². The zero-order chi connectivity index (χ0) is 16.1.